The van der Waals surface area contributed by atoms with Gasteiger partial charge >= 0.3 is 6.18 Å². The summed E-state index contributed by atoms with van der Waals surface area (Å²) in [6, 6.07) is 2.46. The monoisotopic (exact) mass is 301 g/mol. The van der Waals surface area contributed by atoms with Gasteiger partial charge in [-0.2, -0.15) is 13.2 Å². The maximum atomic E-state index is 13.2. The number of carbonyl (C=O) groups is 1. The van der Waals surface area contributed by atoms with E-state index < -0.39 is 23.5 Å². The maximum absolute atomic E-state index is 13.2. The summed E-state index contributed by atoms with van der Waals surface area (Å²) in [7, 11) is 0. The SMILES string of the molecule is O=C(c1ccc(F)c(C(F)(F)F)c1)N1CC2CCCC2C1. The lowest BCUT2D eigenvalue weighted by Gasteiger charge is -2.18. The predicted octanol–water partition coefficient (Wildman–Crippen LogP) is 3.72. The fourth-order valence-corrected chi connectivity index (χ4v) is 3.46. The predicted molar refractivity (Wildman–Crippen MR) is 68.1 cm³/mol. The number of alkyl halides is 3. The highest BCUT2D eigenvalue weighted by atomic mass is 19.4. The van der Waals surface area contributed by atoms with Crippen LogP contribution in [0.5, 0.6) is 0 Å². The summed E-state index contributed by atoms with van der Waals surface area (Å²) in [5.41, 5.74) is -1.48. The molecule has 1 aromatic rings. The molecule has 1 aromatic carbocycles. The normalized spacial score (nSPS) is 25.2. The molecule has 6 heteroatoms. The van der Waals surface area contributed by atoms with Gasteiger partial charge in [0.1, 0.15) is 5.82 Å². The summed E-state index contributed by atoms with van der Waals surface area (Å²) < 4.78 is 51.3. The van der Waals surface area contributed by atoms with E-state index in [9.17, 15) is 22.4 Å². The number of carbonyl (C=O) groups excluding carboxylic acids is 1. The topological polar surface area (TPSA) is 20.3 Å². The van der Waals surface area contributed by atoms with Gasteiger partial charge in [0.2, 0.25) is 0 Å². The fraction of sp³-hybridized carbons (Fsp3) is 0.533. The van der Waals surface area contributed by atoms with Crippen LogP contribution in [0, 0.1) is 17.7 Å². The molecule has 1 saturated carbocycles. The van der Waals surface area contributed by atoms with Gasteiger partial charge in [0.25, 0.3) is 5.91 Å². The first-order valence-electron chi connectivity index (χ1n) is 7.02. The highest BCUT2D eigenvalue weighted by Crippen LogP contribution is 2.38. The van der Waals surface area contributed by atoms with E-state index in [4.69, 9.17) is 0 Å². The Balaban J connectivity index is 1.82. The second-order valence-electron chi connectivity index (χ2n) is 5.85. The molecular formula is C15H15F4NO. The molecule has 2 nitrogen and oxygen atoms in total. The molecule has 2 atom stereocenters. The zero-order valence-electron chi connectivity index (χ0n) is 11.3. The number of nitrogens with zero attached hydrogens (tertiary/aromatic N) is 1. The summed E-state index contributed by atoms with van der Waals surface area (Å²) in [6.07, 6.45) is -1.48. The molecule has 0 N–H and O–H groups in total. The summed E-state index contributed by atoms with van der Waals surface area (Å²) in [6.45, 7) is 1.20. The third kappa shape index (κ3) is 2.63. The Hall–Kier alpha value is -1.59. The largest absolute Gasteiger partial charge is 0.419 e. The van der Waals surface area contributed by atoms with Gasteiger partial charge in [-0.3, -0.25) is 4.79 Å². The molecule has 1 heterocycles. The number of fused-ring (bicyclic) bond motifs is 1. The Morgan fingerprint density at radius 1 is 1.14 bits per heavy atom. The number of benzene rings is 1. The lowest BCUT2D eigenvalue weighted by molar-refractivity contribution is -0.140. The molecule has 21 heavy (non-hydrogen) atoms. The van der Waals surface area contributed by atoms with E-state index in [2.05, 4.69) is 0 Å². The van der Waals surface area contributed by atoms with Gasteiger partial charge in [0.05, 0.1) is 5.56 Å². The molecule has 0 aromatic heterocycles. The molecule has 0 bridgehead atoms. The van der Waals surface area contributed by atoms with Gasteiger partial charge in [-0.1, -0.05) is 6.42 Å². The molecule has 1 amide bonds. The van der Waals surface area contributed by atoms with Crippen LogP contribution in [0.4, 0.5) is 17.6 Å². The number of rotatable bonds is 1. The molecule has 2 aliphatic rings. The molecule has 1 aliphatic carbocycles. The number of hydrogen-bond acceptors (Lipinski definition) is 1. The highest BCUT2D eigenvalue weighted by molar-refractivity contribution is 5.94. The minimum atomic E-state index is -4.79. The molecule has 0 radical (unpaired) electrons. The van der Waals surface area contributed by atoms with E-state index in [1.54, 1.807) is 4.90 Å². The van der Waals surface area contributed by atoms with Crippen LogP contribution in [0.1, 0.15) is 35.2 Å². The molecule has 1 aliphatic heterocycles. The minimum Gasteiger partial charge on any atom is -0.338 e. The van der Waals surface area contributed by atoms with Crippen molar-refractivity contribution in [1.82, 2.24) is 4.90 Å². The van der Waals surface area contributed by atoms with Crippen molar-refractivity contribution in [3.8, 4) is 0 Å². The van der Waals surface area contributed by atoms with Crippen LogP contribution in [0.3, 0.4) is 0 Å². The Bertz CT molecular complexity index is 557. The first-order chi connectivity index (χ1) is 9.86. The fourth-order valence-electron chi connectivity index (χ4n) is 3.46. The number of hydrogen-bond donors (Lipinski definition) is 0. The van der Waals surface area contributed by atoms with Crippen molar-refractivity contribution in [1.29, 1.82) is 0 Å². The average Bonchev–Trinajstić information content (AvgIpc) is 2.97. The van der Waals surface area contributed by atoms with E-state index in [0.29, 0.717) is 37.1 Å². The van der Waals surface area contributed by atoms with Crippen molar-refractivity contribution < 1.29 is 22.4 Å². The summed E-state index contributed by atoms with van der Waals surface area (Å²) in [5.74, 6) is -0.847. The van der Waals surface area contributed by atoms with Gasteiger partial charge in [-0.05, 0) is 42.9 Å². The van der Waals surface area contributed by atoms with Crippen molar-refractivity contribution in [2.24, 2.45) is 11.8 Å². The van der Waals surface area contributed by atoms with E-state index in [-0.39, 0.29) is 5.56 Å². The van der Waals surface area contributed by atoms with Crippen molar-refractivity contribution >= 4 is 5.91 Å². The van der Waals surface area contributed by atoms with E-state index in [1.165, 1.54) is 0 Å². The molecular weight excluding hydrogens is 286 g/mol. The third-order valence-electron chi connectivity index (χ3n) is 4.53. The van der Waals surface area contributed by atoms with Gasteiger partial charge in [-0.25, -0.2) is 4.39 Å². The van der Waals surface area contributed by atoms with E-state index in [1.807, 2.05) is 0 Å². The van der Waals surface area contributed by atoms with Gasteiger partial charge in [-0.15, -0.1) is 0 Å². The van der Waals surface area contributed by atoms with Gasteiger partial charge < -0.3 is 4.90 Å². The van der Waals surface area contributed by atoms with Crippen molar-refractivity contribution in [3.05, 3.63) is 35.1 Å². The molecule has 114 valence electrons. The van der Waals surface area contributed by atoms with Crippen molar-refractivity contribution in [3.63, 3.8) is 0 Å². The van der Waals surface area contributed by atoms with Crippen LogP contribution in [0.25, 0.3) is 0 Å². The average molecular weight is 301 g/mol. The maximum Gasteiger partial charge on any atom is 0.419 e. The summed E-state index contributed by atoms with van der Waals surface area (Å²) in [4.78, 5) is 13.9. The second-order valence-corrected chi connectivity index (χ2v) is 5.85. The van der Waals surface area contributed by atoms with Crippen LogP contribution in [0.2, 0.25) is 0 Å². The van der Waals surface area contributed by atoms with E-state index in [0.717, 1.165) is 25.3 Å². The van der Waals surface area contributed by atoms with Crippen LogP contribution in [0.15, 0.2) is 18.2 Å². The Kier molecular flexibility index (Phi) is 3.42. The van der Waals surface area contributed by atoms with Crippen molar-refractivity contribution in [2.45, 2.75) is 25.4 Å². The Morgan fingerprint density at radius 2 is 1.76 bits per heavy atom. The van der Waals surface area contributed by atoms with Crippen LogP contribution in [-0.4, -0.2) is 23.9 Å². The summed E-state index contributed by atoms with van der Waals surface area (Å²) in [5, 5.41) is 0. The van der Waals surface area contributed by atoms with Gasteiger partial charge in [0.15, 0.2) is 0 Å². The third-order valence-corrected chi connectivity index (χ3v) is 4.53. The zero-order chi connectivity index (χ0) is 15.2. The number of halogens is 4. The molecule has 0 spiro atoms. The first-order valence-corrected chi connectivity index (χ1v) is 7.02. The first kappa shape index (κ1) is 14.4. The zero-order valence-corrected chi connectivity index (χ0v) is 11.3. The Morgan fingerprint density at radius 3 is 2.33 bits per heavy atom. The highest BCUT2D eigenvalue weighted by Gasteiger charge is 2.39. The van der Waals surface area contributed by atoms with Gasteiger partial charge in [0, 0.05) is 18.7 Å². The van der Waals surface area contributed by atoms with Crippen LogP contribution in [-0.2, 0) is 6.18 Å². The van der Waals surface area contributed by atoms with Crippen molar-refractivity contribution in [2.75, 3.05) is 13.1 Å². The number of amides is 1. The lowest BCUT2D eigenvalue weighted by atomic mass is 10.0. The minimum absolute atomic E-state index is 0.0938. The molecule has 3 rings (SSSR count). The summed E-state index contributed by atoms with van der Waals surface area (Å²) >= 11 is 0. The van der Waals surface area contributed by atoms with Crippen LogP contribution < -0.4 is 0 Å². The standard InChI is InChI=1S/C15H15F4NO/c16-13-5-4-9(6-12(13)15(17,18)19)14(21)20-7-10-2-1-3-11(10)8-20/h4-6,10-11H,1-3,7-8H2. The second kappa shape index (κ2) is 5.00. The van der Waals surface area contributed by atoms with Crippen LogP contribution >= 0.6 is 0 Å². The quantitative estimate of drug-likeness (QED) is 0.724. The smallest absolute Gasteiger partial charge is 0.338 e. The van der Waals surface area contributed by atoms with E-state index >= 15 is 0 Å². The molecule has 1 saturated heterocycles. The number of likely N-dealkylation sites (tertiary alicyclic amines) is 1. The molecule has 2 unspecified atom stereocenters. The lowest BCUT2D eigenvalue weighted by Crippen LogP contribution is -2.29. The Labute approximate surface area is 119 Å². The molecule has 2 fully saturated rings.